The summed E-state index contributed by atoms with van der Waals surface area (Å²) in [6.07, 6.45) is 25.8. The van der Waals surface area contributed by atoms with Crippen LogP contribution < -0.4 is 0 Å². The average molecular weight is 242 g/mol. The van der Waals surface area contributed by atoms with Crippen molar-refractivity contribution >= 4 is 0 Å². The van der Waals surface area contributed by atoms with Gasteiger partial charge in [0.2, 0.25) is 0 Å². The zero-order chi connectivity index (χ0) is 12.6. The van der Waals surface area contributed by atoms with Gasteiger partial charge in [0.1, 0.15) is 0 Å². The molecule has 2 aliphatic rings. The molecule has 0 N–H and O–H groups in total. The summed E-state index contributed by atoms with van der Waals surface area (Å²) in [4.78, 5) is 0. The van der Waals surface area contributed by atoms with E-state index < -0.39 is 0 Å². The van der Waals surface area contributed by atoms with Gasteiger partial charge in [0.05, 0.1) is 0 Å². The standard InChI is InChI=1S/C18H26/c1-2-3-4-5-6-7-10-16-13-14-18(15-16)17-11-8-9-12-17/h8-9,11-15,17-18H,2-7,10H2,1H3. The van der Waals surface area contributed by atoms with E-state index in [2.05, 4.69) is 49.5 Å². The minimum absolute atomic E-state index is 0.614. The molecule has 1 atom stereocenters. The van der Waals surface area contributed by atoms with E-state index >= 15 is 0 Å². The second-order valence-electron chi connectivity index (χ2n) is 5.54. The van der Waals surface area contributed by atoms with Gasteiger partial charge in [-0.25, -0.2) is 0 Å². The van der Waals surface area contributed by atoms with Crippen LogP contribution in [-0.4, -0.2) is 0 Å². The third-order valence-corrected chi connectivity index (χ3v) is 3.98. The van der Waals surface area contributed by atoms with Crippen molar-refractivity contribution < 1.29 is 0 Å². The van der Waals surface area contributed by atoms with Crippen molar-refractivity contribution in [1.29, 1.82) is 0 Å². The zero-order valence-electron chi connectivity index (χ0n) is 11.6. The van der Waals surface area contributed by atoms with E-state index in [1.165, 1.54) is 44.9 Å². The second-order valence-corrected chi connectivity index (χ2v) is 5.54. The van der Waals surface area contributed by atoms with Gasteiger partial charge in [-0.2, -0.15) is 0 Å². The van der Waals surface area contributed by atoms with Crippen LogP contribution in [0.25, 0.3) is 0 Å². The van der Waals surface area contributed by atoms with Gasteiger partial charge < -0.3 is 0 Å². The first-order valence-corrected chi connectivity index (χ1v) is 7.64. The van der Waals surface area contributed by atoms with E-state index in [9.17, 15) is 0 Å². The molecule has 2 aliphatic carbocycles. The fraction of sp³-hybridized carbons (Fsp3) is 0.556. The average Bonchev–Trinajstić information content (AvgIpc) is 3.03. The van der Waals surface area contributed by atoms with Gasteiger partial charge >= 0.3 is 0 Å². The number of unbranched alkanes of at least 4 members (excludes halogenated alkanes) is 5. The molecule has 0 aromatic rings. The molecule has 0 amide bonds. The van der Waals surface area contributed by atoms with Crippen LogP contribution in [0.3, 0.4) is 0 Å². The van der Waals surface area contributed by atoms with Crippen LogP contribution in [0.2, 0.25) is 0 Å². The fourth-order valence-corrected chi connectivity index (χ4v) is 2.81. The van der Waals surface area contributed by atoms with Gasteiger partial charge in [-0.15, -0.1) is 0 Å². The second kappa shape index (κ2) is 7.41. The molecule has 98 valence electrons. The van der Waals surface area contributed by atoms with Crippen molar-refractivity contribution in [3.8, 4) is 0 Å². The molecule has 0 radical (unpaired) electrons. The van der Waals surface area contributed by atoms with Gasteiger partial charge in [-0.3, -0.25) is 0 Å². The minimum atomic E-state index is 0.614. The van der Waals surface area contributed by atoms with E-state index in [1.54, 1.807) is 5.57 Å². The highest BCUT2D eigenvalue weighted by molar-refractivity contribution is 5.33. The van der Waals surface area contributed by atoms with Gasteiger partial charge in [0, 0.05) is 11.8 Å². The Labute approximate surface area is 112 Å². The molecule has 0 fully saturated rings. The number of allylic oxidation sites excluding steroid dienone is 8. The van der Waals surface area contributed by atoms with Gasteiger partial charge in [-0.1, -0.05) is 87.1 Å². The molecule has 0 aromatic carbocycles. The Kier molecular flexibility index (Phi) is 5.51. The van der Waals surface area contributed by atoms with Crippen molar-refractivity contribution in [2.75, 3.05) is 0 Å². The Morgan fingerprint density at radius 2 is 1.56 bits per heavy atom. The van der Waals surface area contributed by atoms with Crippen molar-refractivity contribution in [3.63, 3.8) is 0 Å². The van der Waals surface area contributed by atoms with Crippen molar-refractivity contribution in [3.05, 3.63) is 48.1 Å². The molecule has 0 bridgehead atoms. The lowest BCUT2D eigenvalue weighted by molar-refractivity contribution is 0.607. The van der Waals surface area contributed by atoms with E-state index in [1.807, 2.05) is 0 Å². The molecule has 0 aliphatic heterocycles. The van der Waals surface area contributed by atoms with Crippen molar-refractivity contribution in [1.82, 2.24) is 0 Å². The lowest BCUT2D eigenvalue weighted by atomic mass is 9.95. The topological polar surface area (TPSA) is 0 Å². The summed E-state index contributed by atoms with van der Waals surface area (Å²) in [5, 5.41) is 0. The Hall–Kier alpha value is -1.04. The maximum absolute atomic E-state index is 2.47. The Morgan fingerprint density at radius 3 is 2.33 bits per heavy atom. The quantitative estimate of drug-likeness (QED) is 0.487. The molecule has 0 heteroatoms. The van der Waals surface area contributed by atoms with Crippen molar-refractivity contribution in [2.24, 2.45) is 11.8 Å². The summed E-state index contributed by atoms with van der Waals surface area (Å²) in [7, 11) is 0. The highest BCUT2D eigenvalue weighted by atomic mass is 14.2. The summed E-state index contributed by atoms with van der Waals surface area (Å²) in [5.41, 5.74) is 1.56. The summed E-state index contributed by atoms with van der Waals surface area (Å²) in [6, 6.07) is 0. The van der Waals surface area contributed by atoms with E-state index in [-0.39, 0.29) is 0 Å². The summed E-state index contributed by atoms with van der Waals surface area (Å²) >= 11 is 0. The predicted molar refractivity (Wildman–Crippen MR) is 80.5 cm³/mol. The first-order chi connectivity index (χ1) is 8.90. The maximum atomic E-state index is 2.47. The Balaban J connectivity index is 1.62. The zero-order valence-corrected chi connectivity index (χ0v) is 11.6. The Morgan fingerprint density at radius 1 is 0.833 bits per heavy atom. The first-order valence-electron chi connectivity index (χ1n) is 7.64. The number of hydrogen-bond acceptors (Lipinski definition) is 0. The van der Waals surface area contributed by atoms with Crippen LogP contribution in [0.5, 0.6) is 0 Å². The van der Waals surface area contributed by atoms with Crippen LogP contribution in [0, 0.1) is 11.8 Å². The van der Waals surface area contributed by atoms with Gasteiger partial charge in [-0.05, 0) is 12.8 Å². The third-order valence-electron chi connectivity index (χ3n) is 3.98. The van der Waals surface area contributed by atoms with E-state index in [0.717, 1.165) is 0 Å². The van der Waals surface area contributed by atoms with Gasteiger partial charge in [0.15, 0.2) is 0 Å². The number of hydrogen-bond donors (Lipinski definition) is 0. The summed E-state index contributed by atoms with van der Waals surface area (Å²) in [5.74, 6) is 1.23. The van der Waals surface area contributed by atoms with Crippen LogP contribution in [0.15, 0.2) is 48.1 Å². The molecule has 2 rings (SSSR count). The fourth-order valence-electron chi connectivity index (χ4n) is 2.81. The molecule has 0 aromatic heterocycles. The molecule has 18 heavy (non-hydrogen) atoms. The smallest absolute Gasteiger partial charge is 0.00534 e. The molecule has 0 saturated heterocycles. The highest BCUT2D eigenvalue weighted by Gasteiger charge is 2.17. The van der Waals surface area contributed by atoms with Crippen LogP contribution in [0.1, 0.15) is 51.9 Å². The minimum Gasteiger partial charge on any atom is -0.0767 e. The van der Waals surface area contributed by atoms with Crippen molar-refractivity contribution in [2.45, 2.75) is 51.9 Å². The first kappa shape index (κ1) is 13.4. The van der Waals surface area contributed by atoms with E-state index in [4.69, 9.17) is 0 Å². The van der Waals surface area contributed by atoms with Crippen LogP contribution in [0.4, 0.5) is 0 Å². The Bertz CT molecular complexity index is 342. The van der Waals surface area contributed by atoms with Crippen LogP contribution in [-0.2, 0) is 0 Å². The SMILES string of the molecule is CCCCCCCCC1=CC(C2C=CC=C2)C=C1. The van der Waals surface area contributed by atoms with Gasteiger partial charge in [0.25, 0.3) is 0 Å². The normalized spacial score (nSPS) is 22.1. The predicted octanol–water partition coefficient (Wildman–Crippen LogP) is 5.59. The van der Waals surface area contributed by atoms with Crippen LogP contribution >= 0.6 is 0 Å². The maximum Gasteiger partial charge on any atom is 0.00534 e. The molecule has 0 spiro atoms. The molecule has 0 saturated carbocycles. The van der Waals surface area contributed by atoms with E-state index in [0.29, 0.717) is 11.8 Å². The lowest BCUT2D eigenvalue weighted by Gasteiger charge is -2.09. The molecule has 1 unspecified atom stereocenters. The summed E-state index contributed by atoms with van der Waals surface area (Å²) in [6.45, 7) is 2.28. The molecule has 0 nitrogen and oxygen atoms in total. The molecular formula is C18H26. The highest BCUT2D eigenvalue weighted by Crippen LogP contribution is 2.29. The lowest BCUT2D eigenvalue weighted by Crippen LogP contribution is -2.01. The largest absolute Gasteiger partial charge is 0.0767 e. The third kappa shape index (κ3) is 4.01. The molecular weight excluding hydrogens is 216 g/mol. The molecule has 0 heterocycles. The monoisotopic (exact) mass is 242 g/mol. The number of rotatable bonds is 8. The summed E-state index contributed by atoms with van der Waals surface area (Å²) < 4.78 is 0.